The van der Waals surface area contributed by atoms with Crippen LogP contribution in [-0.4, -0.2) is 43.3 Å². The third kappa shape index (κ3) is 5.92. The van der Waals surface area contributed by atoms with Gasteiger partial charge in [-0.1, -0.05) is 6.08 Å². The fraction of sp³-hybridized carbons (Fsp3) is 0.400. The van der Waals surface area contributed by atoms with E-state index in [2.05, 4.69) is 22.2 Å². The second kappa shape index (κ2) is 9.69. The zero-order valence-corrected chi connectivity index (χ0v) is 23.3. The molecule has 4 rings (SSSR count). The van der Waals surface area contributed by atoms with Crippen LogP contribution in [0.5, 0.6) is 0 Å². The summed E-state index contributed by atoms with van der Waals surface area (Å²) < 4.78 is 14.3. The number of hydrogen-bond acceptors (Lipinski definition) is 5. The molecule has 200 valence electrons. The Morgan fingerprint density at radius 3 is 2.21 bits per heavy atom. The fourth-order valence-corrected chi connectivity index (χ4v) is 4.27. The second-order valence-corrected chi connectivity index (χ2v) is 12.0. The summed E-state index contributed by atoms with van der Waals surface area (Å²) in [4.78, 5) is 25.2. The van der Waals surface area contributed by atoms with Crippen LogP contribution in [0, 0.1) is 5.92 Å². The molecule has 0 spiro atoms. The van der Waals surface area contributed by atoms with Crippen LogP contribution in [0.15, 0.2) is 66.8 Å². The molecule has 2 heterocycles. The van der Waals surface area contributed by atoms with Crippen molar-refractivity contribution in [2.45, 2.75) is 72.1 Å². The monoisotopic (exact) mass is 516 g/mol. The van der Waals surface area contributed by atoms with Crippen molar-refractivity contribution < 1.29 is 19.1 Å². The van der Waals surface area contributed by atoms with Crippen molar-refractivity contribution in [1.29, 1.82) is 0 Å². The Balaban J connectivity index is 1.71. The molecule has 2 aromatic heterocycles. The molecule has 0 aliphatic heterocycles. The number of alkyl carbamates (subject to hydrolysis) is 1. The molecule has 3 aromatic rings. The summed E-state index contributed by atoms with van der Waals surface area (Å²) in [6.07, 6.45) is 10.6. The first kappa shape index (κ1) is 27.0. The second-order valence-electron chi connectivity index (χ2n) is 12.0. The Morgan fingerprint density at radius 2 is 1.63 bits per heavy atom. The van der Waals surface area contributed by atoms with Crippen molar-refractivity contribution in [2.75, 3.05) is 0 Å². The maximum absolute atomic E-state index is 12.8. The predicted molar refractivity (Wildman–Crippen MR) is 148 cm³/mol. The van der Waals surface area contributed by atoms with Crippen LogP contribution in [-0.2, 0) is 9.47 Å². The van der Waals surface area contributed by atoms with E-state index in [1.165, 1.54) is 4.68 Å². The molecule has 1 aliphatic rings. The quantitative estimate of drug-likeness (QED) is 0.393. The lowest BCUT2D eigenvalue weighted by Crippen LogP contribution is -2.49. The number of rotatable bonds is 4. The van der Waals surface area contributed by atoms with E-state index in [9.17, 15) is 9.59 Å². The molecule has 1 aliphatic carbocycles. The van der Waals surface area contributed by atoms with Gasteiger partial charge in [0, 0.05) is 40.4 Å². The molecule has 0 saturated heterocycles. The molecule has 8 nitrogen and oxygen atoms in total. The Hall–Kier alpha value is -4.03. The van der Waals surface area contributed by atoms with E-state index in [-0.39, 0.29) is 5.92 Å². The number of benzene rings is 1. The largest absolute Gasteiger partial charge is 0.444 e. The molecule has 0 bridgehead atoms. The first-order valence-electron chi connectivity index (χ1n) is 12.7. The number of carbonyl (C=O) groups is 2. The Kier molecular flexibility index (Phi) is 6.89. The highest BCUT2D eigenvalue weighted by atomic mass is 16.6. The van der Waals surface area contributed by atoms with Gasteiger partial charge >= 0.3 is 12.2 Å². The maximum atomic E-state index is 12.8. The normalized spacial score (nSPS) is 15.9. The predicted octanol–water partition coefficient (Wildman–Crippen LogP) is 6.64. The lowest BCUT2D eigenvalue weighted by Gasteiger charge is -2.33. The van der Waals surface area contributed by atoms with Crippen LogP contribution in [0.3, 0.4) is 0 Å². The van der Waals surface area contributed by atoms with E-state index >= 15 is 0 Å². The number of nitrogens with one attached hydrogen (secondary N) is 1. The molecule has 1 N–H and O–H groups in total. The molecule has 8 heteroatoms. The number of ether oxygens (including phenoxy) is 2. The zero-order chi connectivity index (χ0) is 27.9. The molecule has 1 unspecified atom stereocenters. The molecule has 0 radical (unpaired) electrons. The van der Waals surface area contributed by atoms with Gasteiger partial charge in [0.2, 0.25) is 0 Å². The number of nitrogens with zero attached hydrogens (tertiary/aromatic N) is 3. The van der Waals surface area contributed by atoms with Crippen molar-refractivity contribution >= 4 is 28.7 Å². The number of aromatic nitrogens is 3. The van der Waals surface area contributed by atoms with Gasteiger partial charge in [0.05, 0.1) is 17.4 Å². The van der Waals surface area contributed by atoms with Crippen molar-refractivity contribution in [3.8, 4) is 5.69 Å². The van der Waals surface area contributed by atoms with Crippen LogP contribution in [0.1, 0.15) is 61.0 Å². The first-order valence-corrected chi connectivity index (χ1v) is 12.7. The average Bonchev–Trinajstić information content (AvgIpc) is 3.46. The van der Waals surface area contributed by atoms with E-state index < -0.39 is 28.9 Å². The summed E-state index contributed by atoms with van der Waals surface area (Å²) in [6.45, 7) is 14.9. The summed E-state index contributed by atoms with van der Waals surface area (Å²) in [5, 5.41) is 8.13. The number of fused-ring (bicyclic) bond motifs is 1. The Labute approximate surface area is 223 Å². The highest BCUT2D eigenvalue weighted by Crippen LogP contribution is 2.34. The van der Waals surface area contributed by atoms with Gasteiger partial charge < -0.3 is 19.4 Å². The summed E-state index contributed by atoms with van der Waals surface area (Å²) >= 11 is 0. The minimum atomic E-state index is -0.635. The van der Waals surface area contributed by atoms with Crippen LogP contribution >= 0.6 is 0 Å². The summed E-state index contributed by atoms with van der Waals surface area (Å²) in [6, 6.07) is 7.73. The first-order chi connectivity index (χ1) is 17.6. The van der Waals surface area contributed by atoms with Gasteiger partial charge in [0.1, 0.15) is 11.2 Å². The van der Waals surface area contributed by atoms with Gasteiger partial charge in [0.25, 0.3) is 0 Å². The van der Waals surface area contributed by atoms with Gasteiger partial charge in [-0.05, 0) is 91.8 Å². The van der Waals surface area contributed by atoms with Gasteiger partial charge in [-0.2, -0.15) is 9.78 Å². The summed E-state index contributed by atoms with van der Waals surface area (Å²) in [7, 11) is 0. The molecular weight excluding hydrogens is 480 g/mol. The lowest BCUT2D eigenvalue weighted by molar-refractivity contribution is 0.0457. The van der Waals surface area contributed by atoms with Gasteiger partial charge in [-0.3, -0.25) is 0 Å². The smallest absolute Gasteiger partial charge is 0.435 e. The summed E-state index contributed by atoms with van der Waals surface area (Å²) in [5.41, 5.74) is 4.97. The number of carbonyl (C=O) groups excluding carboxylic acids is 2. The highest BCUT2D eigenvalue weighted by Gasteiger charge is 2.31. The molecule has 0 fully saturated rings. The maximum Gasteiger partial charge on any atom is 0.435 e. The third-order valence-corrected chi connectivity index (χ3v) is 5.99. The molecular formula is C30H36N4O4. The van der Waals surface area contributed by atoms with E-state index in [4.69, 9.17) is 9.47 Å². The number of amides is 1. The van der Waals surface area contributed by atoms with Crippen LogP contribution in [0.2, 0.25) is 0 Å². The Bertz CT molecular complexity index is 1450. The minimum absolute atomic E-state index is 0.0903. The lowest BCUT2D eigenvalue weighted by atomic mass is 9.84. The topological polar surface area (TPSA) is 87.4 Å². The molecule has 0 saturated carbocycles. The fourth-order valence-electron chi connectivity index (χ4n) is 4.27. The standard InChI is InChI=1S/C30H36N4O4/c1-28(2,3)37-26(35)32-30(7,8)21-13-11-20(12-14-21)22-15-16-24-23(25(22)33-17-9-10-18-33)19-31-34(24)27(36)38-29(4,5)6/h9-11,13-19,21H,1-8H3,(H,32,35). The van der Waals surface area contributed by atoms with Crippen molar-refractivity contribution in [1.82, 2.24) is 19.7 Å². The zero-order valence-electron chi connectivity index (χ0n) is 23.3. The molecule has 1 aromatic carbocycles. The third-order valence-electron chi connectivity index (χ3n) is 5.99. The molecule has 38 heavy (non-hydrogen) atoms. The molecule has 1 amide bonds. The van der Waals surface area contributed by atoms with Crippen LogP contribution < -0.4 is 5.32 Å². The van der Waals surface area contributed by atoms with Gasteiger partial charge in [-0.15, -0.1) is 5.73 Å². The van der Waals surface area contributed by atoms with Crippen molar-refractivity contribution in [2.24, 2.45) is 5.92 Å². The summed E-state index contributed by atoms with van der Waals surface area (Å²) in [5.74, 6) is -0.0903. The minimum Gasteiger partial charge on any atom is -0.444 e. The van der Waals surface area contributed by atoms with Crippen LogP contribution in [0.25, 0.3) is 22.2 Å². The van der Waals surface area contributed by atoms with Crippen molar-refractivity contribution in [3.05, 3.63) is 72.4 Å². The van der Waals surface area contributed by atoms with E-state index in [0.717, 1.165) is 22.2 Å². The van der Waals surface area contributed by atoms with E-state index in [1.807, 2.05) is 109 Å². The highest BCUT2D eigenvalue weighted by molar-refractivity contribution is 5.98. The van der Waals surface area contributed by atoms with Crippen LogP contribution in [0.4, 0.5) is 9.59 Å². The Morgan fingerprint density at radius 1 is 0.974 bits per heavy atom. The van der Waals surface area contributed by atoms with Gasteiger partial charge in [-0.25, -0.2) is 9.59 Å². The number of allylic oxidation sites excluding steroid dienone is 1. The van der Waals surface area contributed by atoms with E-state index in [1.54, 1.807) is 6.20 Å². The molecule has 1 atom stereocenters. The SMILES string of the molecule is CC(C)(C)OC(=O)NC(C)(C)C1C=C=C(c2ccc3c(cnn3C(=O)OC(C)(C)C)c2-n2cccc2)C=C1. The number of hydrogen-bond donors (Lipinski definition) is 1. The van der Waals surface area contributed by atoms with Crippen molar-refractivity contribution in [3.63, 3.8) is 0 Å². The van der Waals surface area contributed by atoms with Gasteiger partial charge in [0.15, 0.2) is 0 Å². The van der Waals surface area contributed by atoms with E-state index in [0.29, 0.717) is 5.52 Å². The average molecular weight is 517 g/mol.